The first-order valence-electron chi connectivity index (χ1n) is 9.69. The van der Waals surface area contributed by atoms with Crippen LogP contribution in [0, 0.1) is 12.8 Å². The monoisotopic (exact) mass is 410 g/mol. The van der Waals surface area contributed by atoms with Crippen molar-refractivity contribution in [1.29, 1.82) is 0 Å². The minimum atomic E-state index is -1.01. The topological polar surface area (TPSA) is 94.2 Å². The molecule has 4 rings (SSSR count). The Morgan fingerprint density at radius 1 is 1.13 bits per heavy atom. The number of nitrogens with one attached hydrogen (secondary N) is 1. The number of ether oxygens (including phenoxy) is 3. The standard InChI is InChI=1S/C22H22N2O6/c1-13-3-6-17(7-4-13)24-11-15(9-20(24)25)22(27)30-14(2)21(26)23-16-5-8-18-19(10-16)29-12-28-18/h3-8,10,14-15H,9,11-12H2,1-2H3,(H,23,26). The zero-order valence-corrected chi connectivity index (χ0v) is 16.7. The van der Waals surface area contributed by atoms with E-state index in [9.17, 15) is 14.4 Å². The van der Waals surface area contributed by atoms with Crippen molar-refractivity contribution >= 4 is 29.2 Å². The van der Waals surface area contributed by atoms with Gasteiger partial charge in [-0.25, -0.2) is 0 Å². The average molecular weight is 410 g/mol. The van der Waals surface area contributed by atoms with Crippen LogP contribution in [0.1, 0.15) is 18.9 Å². The van der Waals surface area contributed by atoms with Crippen LogP contribution in [0.15, 0.2) is 42.5 Å². The summed E-state index contributed by atoms with van der Waals surface area (Å²) < 4.78 is 15.8. The second kappa shape index (κ2) is 8.06. The summed E-state index contributed by atoms with van der Waals surface area (Å²) in [7, 11) is 0. The van der Waals surface area contributed by atoms with E-state index in [0.717, 1.165) is 11.3 Å². The van der Waals surface area contributed by atoms with Crippen molar-refractivity contribution in [3.05, 3.63) is 48.0 Å². The van der Waals surface area contributed by atoms with Gasteiger partial charge in [0.05, 0.1) is 5.92 Å². The molecule has 0 aliphatic carbocycles. The van der Waals surface area contributed by atoms with Gasteiger partial charge in [-0.05, 0) is 38.1 Å². The first-order chi connectivity index (χ1) is 14.4. The number of nitrogens with zero attached hydrogens (tertiary/aromatic N) is 1. The molecule has 1 N–H and O–H groups in total. The van der Waals surface area contributed by atoms with Crippen LogP contribution in [0.2, 0.25) is 0 Å². The third kappa shape index (κ3) is 4.07. The van der Waals surface area contributed by atoms with Crippen LogP contribution in [0.4, 0.5) is 11.4 Å². The minimum Gasteiger partial charge on any atom is -0.454 e. The predicted molar refractivity (Wildman–Crippen MR) is 108 cm³/mol. The summed E-state index contributed by atoms with van der Waals surface area (Å²) >= 11 is 0. The van der Waals surface area contributed by atoms with Gasteiger partial charge in [0.2, 0.25) is 12.7 Å². The number of hydrogen-bond acceptors (Lipinski definition) is 6. The maximum atomic E-state index is 12.5. The minimum absolute atomic E-state index is 0.0587. The van der Waals surface area contributed by atoms with E-state index in [0.29, 0.717) is 17.2 Å². The highest BCUT2D eigenvalue weighted by molar-refractivity contribution is 6.00. The fraction of sp³-hybridized carbons (Fsp3) is 0.318. The van der Waals surface area contributed by atoms with E-state index in [1.54, 1.807) is 23.1 Å². The van der Waals surface area contributed by atoms with Crippen LogP contribution in [-0.2, 0) is 19.1 Å². The van der Waals surface area contributed by atoms with Crippen molar-refractivity contribution in [2.75, 3.05) is 23.6 Å². The van der Waals surface area contributed by atoms with Crippen LogP contribution in [0.25, 0.3) is 0 Å². The Bertz CT molecular complexity index is 988. The van der Waals surface area contributed by atoms with Gasteiger partial charge in [0.1, 0.15) is 0 Å². The van der Waals surface area contributed by atoms with E-state index in [1.807, 2.05) is 31.2 Å². The van der Waals surface area contributed by atoms with E-state index in [-0.39, 0.29) is 25.7 Å². The number of rotatable bonds is 5. The molecular formula is C22H22N2O6. The first kappa shape index (κ1) is 19.8. The molecule has 156 valence electrons. The number of fused-ring (bicyclic) bond motifs is 1. The van der Waals surface area contributed by atoms with Gasteiger partial charge >= 0.3 is 5.97 Å². The lowest BCUT2D eigenvalue weighted by molar-refractivity contribution is -0.157. The summed E-state index contributed by atoms with van der Waals surface area (Å²) in [6, 6.07) is 12.5. The number of carbonyl (C=O) groups is 3. The number of carbonyl (C=O) groups excluding carboxylic acids is 3. The fourth-order valence-corrected chi connectivity index (χ4v) is 3.38. The highest BCUT2D eigenvalue weighted by Gasteiger charge is 2.37. The van der Waals surface area contributed by atoms with Crippen molar-refractivity contribution in [1.82, 2.24) is 0 Å². The quantitative estimate of drug-likeness (QED) is 0.762. The lowest BCUT2D eigenvalue weighted by atomic mass is 10.1. The number of amides is 2. The Labute approximate surface area is 173 Å². The lowest BCUT2D eigenvalue weighted by Crippen LogP contribution is -2.33. The highest BCUT2D eigenvalue weighted by Crippen LogP contribution is 2.34. The number of anilines is 2. The van der Waals surface area contributed by atoms with Crippen molar-refractivity contribution in [2.45, 2.75) is 26.4 Å². The van der Waals surface area contributed by atoms with E-state index < -0.39 is 23.9 Å². The molecule has 0 radical (unpaired) electrons. The van der Waals surface area contributed by atoms with Crippen LogP contribution in [0.5, 0.6) is 11.5 Å². The van der Waals surface area contributed by atoms with Gasteiger partial charge < -0.3 is 24.4 Å². The summed E-state index contributed by atoms with van der Waals surface area (Å²) in [5, 5.41) is 2.69. The molecule has 2 aliphatic heterocycles. The zero-order valence-electron chi connectivity index (χ0n) is 16.7. The Balaban J connectivity index is 1.33. The van der Waals surface area contributed by atoms with Crippen LogP contribution in [-0.4, -0.2) is 37.2 Å². The van der Waals surface area contributed by atoms with Gasteiger partial charge in [0.25, 0.3) is 5.91 Å². The molecule has 2 amide bonds. The molecule has 8 nitrogen and oxygen atoms in total. The second-order valence-electron chi connectivity index (χ2n) is 7.38. The summed E-state index contributed by atoms with van der Waals surface area (Å²) in [6.45, 7) is 3.83. The summed E-state index contributed by atoms with van der Waals surface area (Å²) in [5.41, 5.74) is 2.34. The number of aryl methyl sites for hydroxylation is 1. The Morgan fingerprint density at radius 2 is 1.87 bits per heavy atom. The Kier molecular flexibility index (Phi) is 5.31. The molecule has 1 fully saturated rings. The summed E-state index contributed by atoms with van der Waals surface area (Å²) in [4.78, 5) is 38.8. The normalized spacial score (nSPS) is 18.3. The maximum Gasteiger partial charge on any atom is 0.312 e. The molecule has 2 aromatic rings. The molecule has 2 aliphatic rings. The smallest absolute Gasteiger partial charge is 0.312 e. The predicted octanol–water partition coefficient (Wildman–Crippen LogP) is 2.65. The van der Waals surface area contributed by atoms with Crippen LogP contribution >= 0.6 is 0 Å². The molecule has 0 spiro atoms. The van der Waals surface area contributed by atoms with E-state index in [2.05, 4.69) is 5.32 Å². The zero-order chi connectivity index (χ0) is 21.3. The fourth-order valence-electron chi connectivity index (χ4n) is 3.38. The van der Waals surface area contributed by atoms with Crippen molar-refractivity contribution < 1.29 is 28.6 Å². The summed E-state index contributed by atoms with van der Waals surface area (Å²) in [6.07, 6.45) is -0.949. The van der Waals surface area contributed by atoms with Gasteiger partial charge in [0.15, 0.2) is 17.6 Å². The van der Waals surface area contributed by atoms with Crippen LogP contribution in [0.3, 0.4) is 0 Å². The molecule has 2 aromatic carbocycles. The molecule has 2 heterocycles. The molecule has 2 atom stereocenters. The summed E-state index contributed by atoms with van der Waals surface area (Å²) in [5.74, 6) is -0.638. The molecule has 0 saturated carbocycles. The Morgan fingerprint density at radius 3 is 2.63 bits per heavy atom. The van der Waals surface area contributed by atoms with Crippen LogP contribution < -0.4 is 19.7 Å². The van der Waals surface area contributed by atoms with Crippen molar-refractivity contribution in [3.8, 4) is 11.5 Å². The molecule has 8 heteroatoms. The van der Waals surface area contributed by atoms with Gasteiger partial charge in [-0.3, -0.25) is 14.4 Å². The molecular weight excluding hydrogens is 388 g/mol. The third-order valence-corrected chi connectivity index (χ3v) is 5.11. The van der Waals surface area contributed by atoms with E-state index >= 15 is 0 Å². The van der Waals surface area contributed by atoms with Gasteiger partial charge in [-0.15, -0.1) is 0 Å². The number of benzene rings is 2. The second-order valence-corrected chi connectivity index (χ2v) is 7.38. The average Bonchev–Trinajstić information content (AvgIpc) is 3.34. The molecule has 0 bridgehead atoms. The van der Waals surface area contributed by atoms with Gasteiger partial charge in [-0.1, -0.05) is 17.7 Å². The van der Waals surface area contributed by atoms with E-state index in [4.69, 9.17) is 14.2 Å². The maximum absolute atomic E-state index is 12.5. The van der Waals surface area contributed by atoms with Crippen molar-refractivity contribution in [3.63, 3.8) is 0 Å². The first-order valence-corrected chi connectivity index (χ1v) is 9.69. The highest BCUT2D eigenvalue weighted by atomic mass is 16.7. The molecule has 1 saturated heterocycles. The molecule has 2 unspecified atom stereocenters. The molecule has 30 heavy (non-hydrogen) atoms. The lowest BCUT2D eigenvalue weighted by Gasteiger charge is -2.18. The number of hydrogen-bond donors (Lipinski definition) is 1. The SMILES string of the molecule is Cc1ccc(N2CC(C(=O)OC(C)C(=O)Nc3ccc4c(c3)OCO4)CC2=O)cc1. The van der Waals surface area contributed by atoms with Gasteiger partial charge in [0, 0.05) is 30.4 Å². The van der Waals surface area contributed by atoms with E-state index in [1.165, 1.54) is 6.92 Å². The third-order valence-electron chi connectivity index (χ3n) is 5.11. The Hall–Kier alpha value is -3.55. The van der Waals surface area contributed by atoms with Gasteiger partial charge in [-0.2, -0.15) is 0 Å². The molecule has 0 aromatic heterocycles. The van der Waals surface area contributed by atoms with Crippen molar-refractivity contribution in [2.24, 2.45) is 5.92 Å². The largest absolute Gasteiger partial charge is 0.454 e. The number of esters is 1.